The van der Waals surface area contributed by atoms with E-state index in [1.165, 1.54) is 5.56 Å². The molecule has 1 aromatic carbocycles. The van der Waals surface area contributed by atoms with Crippen LogP contribution in [0.15, 0.2) is 47.1 Å². The van der Waals surface area contributed by atoms with Crippen LogP contribution in [0.3, 0.4) is 0 Å². The minimum absolute atomic E-state index is 0.199. The first kappa shape index (κ1) is 15.2. The minimum atomic E-state index is -0.199. The van der Waals surface area contributed by atoms with Gasteiger partial charge < -0.3 is 5.32 Å². The Kier molecular flexibility index (Phi) is 5.73. The summed E-state index contributed by atoms with van der Waals surface area (Å²) in [6.07, 6.45) is 3.68. The number of amides is 1. The summed E-state index contributed by atoms with van der Waals surface area (Å²) >= 11 is 6.72. The molecule has 3 nitrogen and oxygen atoms in total. The van der Waals surface area contributed by atoms with E-state index in [-0.39, 0.29) is 5.91 Å². The number of hydrogen-bond acceptors (Lipinski definition) is 2. The summed E-state index contributed by atoms with van der Waals surface area (Å²) in [4.78, 5) is 16.1. The maximum Gasteiger partial charge on any atom is 0.274 e. The summed E-state index contributed by atoms with van der Waals surface area (Å²) in [5.74, 6) is -0.199. The summed E-state index contributed by atoms with van der Waals surface area (Å²) in [6.45, 7) is 0. The number of carbonyl (C=O) groups is 1. The largest absolute Gasteiger partial charge is 0.321 e. The number of carbonyl (C=O) groups excluding carboxylic acids is 1. The molecule has 2 aromatic rings. The normalized spacial score (nSPS) is 10.3. The third-order valence-corrected chi connectivity index (χ3v) is 3.77. The standard InChI is InChI=1S/C15H14Br2N2O/c16-8-2-4-11-3-1-5-13(9-11)19-15(20)14-7-6-12(17)10-18-14/h1,3,5-7,9-10H,2,4,8H2,(H,19,20). The smallest absolute Gasteiger partial charge is 0.274 e. The average molecular weight is 398 g/mol. The molecule has 0 spiro atoms. The van der Waals surface area contributed by atoms with Crippen molar-refractivity contribution < 1.29 is 4.79 Å². The topological polar surface area (TPSA) is 42.0 Å². The summed E-state index contributed by atoms with van der Waals surface area (Å²) in [6, 6.07) is 11.4. The van der Waals surface area contributed by atoms with Crippen LogP contribution in [0, 0.1) is 0 Å². The molecular weight excluding hydrogens is 384 g/mol. The number of nitrogens with one attached hydrogen (secondary N) is 1. The molecule has 0 bridgehead atoms. The second-order valence-electron chi connectivity index (χ2n) is 4.31. The SMILES string of the molecule is O=C(Nc1cccc(CCCBr)c1)c1ccc(Br)cn1. The van der Waals surface area contributed by atoms with E-state index in [4.69, 9.17) is 0 Å². The third-order valence-electron chi connectivity index (χ3n) is 2.74. The molecule has 104 valence electrons. The number of anilines is 1. The monoisotopic (exact) mass is 396 g/mol. The van der Waals surface area contributed by atoms with Gasteiger partial charge in [0.25, 0.3) is 5.91 Å². The maximum atomic E-state index is 12.1. The fourth-order valence-electron chi connectivity index (χ4n) is 1.78. The van der Waals surface area contributed by atoms with E-state index in [1.807, 2.05) is 18.2 Å². The highest BCUT2D eigenvalue weighted by Gasteiger charge is 2.07. The van der Waals surface area contributed by atoms with Crippen LogP contribution in [-0.2, 0) is 6.42 Å². The number of alkyl halides is 1. The van der Waals surface area contributed by atoms with E-state index in [0.29, 0.717) is 5.69 Å². The Labute approximate surface area is 135 Å². The van der Waals surface area contributed by atoms with E-state index >= 15 is 0 Å². The quantitative estimate of drug-likeness (QED) is 0.758. The van der Waals surface area contributed by atoms with Crippen LogP contribution in [0.2, 0.25) is 0 Å². The van der Waals surface area contributed by atoms with E-state index in [1.54, 1.807) is 18.3 Å². The molecule has 1 aromatic heterocycles. The van der Waals surface area contributed by atoms with E-state index in [2.05, 4.69) is 48.2 Å². The Morgan fingerprint density at radius 2 is 2.10 bits per heavy atom. The van der Waals surface area contributed by atoms with E-state index < -0.39 is 0 Å². The van der Waals surface area contributed by atoms with Gasteiger partial charge in [0.2, 0.25) is 0 Å². The van der Waals surface area contributed by atoms with Crippen LogP contribution in [0.25, 0.3) is 0 Å². The lowest BCUT2D eigenvalue weighted by molar-refractivity contribution is 0.102. The van der Waals surface area contributed by atoms with Crippen LogP contribution in [-0.4, -0.2) is 16.2 Å². The first-order valence-electron chi connectivity index (χ1n) is 6.27. The predicted octanol–water partition coefficient (Wildman–Crippen LogP) is 4.42. The van der Waals surface area contributed by atoms with Gasteiger partial charge in [-0.25, -0.2) is 4.98 Å². The van der Waals surface area contributed by atoms with Crippen LogP contribution in [0.5, 0.6) is 0 Å². The number of halogens is 2. The molecule has 20 heavy (non-hydrogen) atoms. The molecule has 0 radical (unpaired) electrons. The van der Waals surface area contributed by atoms with Gasteiger partial charge in [-0.1, -0.05) is 28.1 Å². The first-order chi connectivity index (χ1) is 9.69. The number of nitrogens with zero attached hydrogens (tertiary/aromatic N) is 1. The zero-order valence-electron chi connectivity index (χ0n) is 10.8. The Balaban J connectivity index is 2.05. The Morgan fingerprint density at radius 3 is 2.80 bits per heavy atom. The number of benzene rings is 1. The van der Waals surface area contributed by atoms with Crippen molar-refractivity contribution >= 4 is 43.5 Å². The summed E-state index contributed by atoms with van der Waals surface area (Å²) in [5.41, 5.74) is 2.41. The number of aromatic nitrogens is 1. The average Bonchev–Trinajstić information content (AvgIpc) is 2.46. The second-order valence-corrected chi connectivity index (χ2v) is 6.02. The van der Waals surface area contributed by atoms with Gasteiger partial charge in [-0.2, -0.15) is 0 Å². The number of rotatable bonds is 5. The third kappa shape index (κ3) is 4.42. The van der Waals surface area contributed by atoms with Crippen molar-refractivity contribution in [3.8, 4) is 0 Å². The zero-order chi connectivity index (χ0) is 14.4. The molecule has 0 aliphatic carbocycles. The number of pyridine rings is 1. The summed E-state index contributed by atoms with van der Waals surface area (Å²) < 4.78 is 0.853. The van der Waals surface area contributed by atoms with Crippen LogP contribution >= 0.6 is 31.9 Å². The molecule has 5 heteroatoms. The highest BCUT2D eigenvalue weighted by atomic mass is 79.9. The number of aryl methyl sites for hydroxylation is 1. The molecule has 0 aliphatic heterocycles. The molecule has 0 unspecified atom stereocenters. The van der Waals surface area contributed by atoms with E-state index in [9.17, 15) is 4.79 Å². The zero-order valence-corrected chi connectivity index (χ0v) is 13.9. The highest BCUT2D eigenvalue weighted by Crippen LogP contribution is 2.14. The lowest BCUT2D eigenvalue weighted by Gasteiger charge is -2.07. The first-order valence-corrected chi connectivity index (χ1v) is 8.18. The second kappa shape index (κ2) is 7.55. The van der Waals surface area contributed by atoms with Gasteiger partial charge in [0.05, 0.1) is 0 Å². The van der Waals surface area contributed by atoms with Gasteiger partial charge in [0.1, 0.15) is 5.69 Å². The molecule has 0 saturated carbocycles. The molecule has 1 N–H and O–H groups in total. The van der Waals surface area contributed by atoms with Crippen LogP contribution < -0.4 is 5.32 Å². The fourth-order valence-corrected chi connectivity index (χ4v) is 2.30. The van der Waals surface area contributed by atoms with Gasteiger partial charge in [-0.15, -0.1) is 0 Å². The lowest BCUT2D eigenvalue weighted by atomic mass is 10.1. The Bertz CT molecular complexity index is 585. The van der Waals surface area contributed by atoms with Crippen molar-refractivity contribution in [2.45, 2.75) is 12.8 Å². The van der Waals surface area contributed by atoms with Gasteiger partial charge in [0.15, 0.2) is 0 Å². The van der Waals surface area contributed by atoms with Crippen molar-refractivity contribution in [3.05, 3.63) is 58.3 Å². The molecule has 0 fully saturated rings. The molecule has 0 saturated heterocycles. The Hall–Kier alpha value is -1.20. The highest BCUT2D eigenvalue weighted by molar-refractivity contribution is 9.10. The van der Waals surface area contributed by atoms with Crippen LogP contribution in [0.1, 0.15) is 22.5 Å². The molecule has 1 amide bonds. The van der Waals surface area contributed by atoms with Crippen LogP contribution in [0.4, 0.5) is 5.69 Å². The molecule has 2 rings (SSSR count). The number of hydrogen-bond donors (Lipinski definition) is 1. The van der Waals surface area contributed by atoms with Crippen molar-refractivity contribution in [2.75, 3.05) is 10.6 Å². The maximum absolute atomic E-state index is 12.1. The van der Waals surface area contributed by atoms with E-state index in [0.717, 1.165) is 28.3 Å². The van der Waals surface area contributed by atoms with Crippen molar-refractivity contribution in [3.63, 3.8) is 0 Å². The molecular formula is C15H14Br2N2O. The van der Waals surface area contributed by atoms with Gasteiger partial charge >= 0.3 is 0 Å². The minimum Gasteiger partial charge on any atom is -0.321 e. The van der Waals surface area contributed by atoms with Crippen molar-refractivity contribution in [1.82, 2.24) is 4.98 Å². The van der Waals surface area contributed by atoms with Gasteiger partial charge in [0, 0.05) is 21.7 Å². The summed E-state index contributed by atoms with van der Waals surface area (Å²) in [5, 5.41) is 3.84. The van der Waals surface area contributed by atoms with Gasteiger partial charge in [-0.05, 0) is 58.6 Å². The van der Waals surface area contributed by atoms with Gasteiger partial charge in [-0.3, -0.25) is 4.79 Å². The van der Waals surface area contributed by atoms with Crippen molar-refractivity contribution in [2.24, 2.45) is 0 Å². The predicted molar refractivity (Wildman–Crippen MR) is 88.4 cm³/mol. The molecule has 0 atom stereocenters. The lowest BCUT2D eigenvalue weighted by Crippen LogP contribution is -2.13. The Morgan fingerprint density at radius 1 is 1.25 bits per heavy atom. The molecule has 0 aliphatic rings. The fraction of sp³-hybridized carbons (Fsp3) is 0.200. The van der Waals surface area contributed by atoms with Crippen molar-refractivity contribution in [1.29, 1.82) is 0 Å². The summed E-state index contributed by atoms with van der Waals surface area (Å²) in [7, 11) is 0. The molecule has 1 heterocycles.